The summed E-state index contributed by atoms with van der Waals surface area (Å²) >= 11 is 3.51. The van der Waals surface area contributed by atoms with E-state index in [1.54, 1.807) is 0 Å². The molecule has 4 heteroatoms. The molecule has 0 amide bonds. The zero-order chi connectivity index (χ0) is 9.97. The van der Waals surface area contributed by atoms with Crippen molar-refractivity contribution in [2.45, 2.75) is 12.7 Å². The van der Waals surface area contributed by atoms with Crippen molar-refractivity contribution in [3.05, 3.63) is 28.7 Å². The number of nitriles is 1. The monoisotopic (exact) mass is 248 g/mol. The van der Waals surface area contributed by atoms with E-state index in [1.807, 2.05) is 18.2 Å². The maximum atomic E-state index is 8.98. The van der Waals surface area contributed by atoms with E-state index in [4.69, 9.17) is 5.26 Å². The third kappa shape index (κ3) is 1.65. The minimum atomic E-state index is 0.0497. The quantitative estimate of drug-likeness (QED) is 0.715. The van der Waals surface area contributed by atoms with Gasteiger partial charge >= 0.3 is 6.85 Å². The number of nitrogens with zero attached hydrogens (tertiary/aromatic N) is 2. The molecule has 0 N–H and O–H groups in total. The van der Waals surface area contributed by atoms with E-state index >= 15 is 0 Å². The van der Waals surface area contributed by atoms with Crippen molar-refractivity contribution in [3.63, 3.8) is 0 Å². The highest BCUT2D eigenvalue weighted by atomic mass is 79.9. The molecular formula is C10H10BBrN2. The van der Waals surface area contributed by atoms with Crippen LogP contribution in [-0.2, 0) is 0 Å². The van der Waals surface area contributed by atoms with Crippen LogP contribution < -0.4 is 4.81 Å². The van der Waals surface area contributed by atoms with Crippen molar-refractivity contribution >= 4 is 28.5 Å². The lowest BCUT2D eigenvalue weighted by Gasteiger charge is -2.21. The molecule has 2 nitrogen and oxygen atoms in total. The number of para-hydroxylation sites is 1. The number of hydrogen-bond acceptors (Lipinski definition) is 2. The van der Waals surface area contributed by atoms with Crippen molar-refractivity contribution < 1.29 is 0 Å². The zero-order valence-corrected chi connectivity index (χ0v) is 9.37. The number of hydrogen-bond donors (Lipinski definition) is 0. The van der Waals surface area contributed by atoms with Crippen molar-refractivity contribution in [1.82, 2.24) is 0 Å². The molecule has 0 aromatic heterocycles. The molecule has 1 saturated heterocycles. The third-order valence-electron chi connectivity index (χ3n) is 2.56. The van der Waals surface area contributed by atoms with Crippen LogP contribution in [0.25, 0.3) is 0 Å². The molecule has 1 aliphatic rings. The molecule has 0 unspecified atom stereocenters. The van der Waals surface area contributed by atoms with Crippen molar-refractivity contribution in [3.8, 4) is 5.97 Å². The minimum absolute atomic E-state index is 0.0497. The molecule has 0 radical (unpaired) electrons. The molecule has 0 aliphatic carbocycles. The van der Waals surface area contributed by atoms with Gasteiger partial charge in [-0.2, -0.15) is 0 Å². The fourth-order valence-corrected chi connectivity index (χ4v) is 2.39. The van der Waals surface area contributed by atoms with Gasteiger partial charge in [-0.1, -0.05) is 12.1 Å². The summed E-state index contributed by atoms with van der Waals surface area (Å²) in [5.41, 5.74) is 1.14. The lowest BCUT2D eigenvalue weighted by atomic mass is 9.61. The normalized spacial score (nSPS) is 15.7. The van der Waals surface area contributed by atoms with E-state index in [-0.39, 0.29) is 6.85 Å². The van der Waals surface area contributed by atoms with Crippen molar-refractivity contribution in [2.75, 3.05) is 11.4 Å². The topological polar surface area (TPSA) is 27.0 Å². The Morgan fingerprint density at radius 1 is 1.43 bits per heavy atom. The number of rotatable bonds is 1. The second-order valence-corrected chi connectivity index (χ2v) is 4.29. The zero-order valence-electron chi connectivity index (χ0n) is 7.78. The lowest BCUT2D eigenvalue weighted by Crippen LogP contribution is -2.32. The third-order valence-corrected chi connectivity index (χ3v) is 3.23. The lowest BCUT2D eigenvalue weighted by molar-refractivity contribution is 0.981. The fraction of sp³-hybridized carbons (Fsp3) is 0.300. The summed E-state index contributed by atoms with van der Waals surface area (Å²) in [6, 6.07) is 8.07. The maximum absolute atomic E-state index is 8.98. The van der Waals surface area contributed by atoms with E-state index in [9.17, 15) is 0 Å². The van der Waals surface area contributed by atoms with E-state index in [2.05, 4.69) is 32.8 Å². The number of halogens is 1. The highest BCUT2D eigenvalue weighted by Crippen LogP contribution is 2.30. The van der Waals surface area contributed by atoms with Crippen LogP contribution in [0.2, 0.25) is 6.32 Å². The first-order chi connectivity index (χ1) is 6.83. The summed E-state index contributed by atoms with van der Waals surface area (Å²) in [6.45, 7) is 1.04. The molecule has 1 aliphatic heterocycles. The molecule has 0 bridgehead atoms. The van der Waals surface area contributed by atoms with Gasteiger partial charge in [0, 0.05) is 22.7 Å². The predicted octanol–water partition coefficient (Wildman–Crippen LogP) is 2.71. The molecule has 2 rings (SSSR count). The van der Waals surface area contributed by atoms with E-state index in [0.29, 0.717) is 0 Å². The standard InChI is InChI=1S/C10H10BBrN2/c12-9-4-1-2-5-10(9)14-7-3-6-11(14)8-13/h1-2,4-5H,3,6-7H2. The molecule has 1 aromatic rings. The smallest absolute Gasteiger partial charge is 0.378 e. The van der Waals surface area contributed by atoms with Crippen LogP contribution in [-0.4, -0.2) is 13.4 Å². The van der Waals surface area contributed by atoms with Gasteiger partial charge < -0.3 is 4.81 Å². The van der Waals surface area contributed by atoms with Crippen LogP contribution in [0.1, 0.15) is 6.42 Å². The van der Waals surface area contributed by atoms with Gasteiger partial charge in [0.2, 0.25) is 0 Å². The molecule has 1 heterocycles. The number of benzene rings is 1. The summed E-state index contributed by atoms with van der Waals surface area (Å²) in [7, 11) is 0. The first-order valence-electron chi connectivity index (χ1n) is 4.73. The summed E-state index contributed by atoms with van der Waals surface area (Å²) in [4.78, 5) is 2.17. The second-order valence-electron chi connectivity index (χ2n) is 3.43. The predicted molar refractivity (Wildman–Crippen MR) is 62.3 cm³/mol. The maximum Gasteiger partial charge on any atom is 0.378 e. The van der Waals surface area contributed by atoms with Gasteiger partial charge in [-0.15, -0.1) is 0 Å². The molecular weight excluding hydrogens is 239 g/mol. The molecule has 70 valence electrons. The van der Waals surface area contributed by atoms with Crippen molar-refractivity contribution in [2.24, 2.45) is 0 Å². The van der Waals surface area contributed by atoms with Crippen LogP contribution in [0.15, 0.2) is 28.7 Å². The van der Waals surface area contributed by atoms with E-state index in [1.165, 1.54) is 0 Å². The molecule has 1 fully saturated rings. The Morgan fingerprint density at radius 3 is 2.93 bits per heavy atom. The SMILES string of the molecule is N#CB1CCCN1c1ccccc1Br. The van der Waals surface area contributed by atoms with Gasteiger partial charge in [0.25, 0.3) is 0 Å². The summed E-state index contributed by atoms with van der Waals surface area (Å²) in [6.07, 6.45) is 2.09. The van der Waals surface area contributed by atoms with Crippen LogP contribution in [0.3, 0.4) is 0 Å². The summed E-state index contributed by atoms with van der Waals surface area (Å²) < 4.78 is 1.07. The van der Waals surface area contributed by atoms with Gasteiger partial charge in [0.15, 0.2) is 0 Å². The Hall–Kier alpha value is -0.945. The Kier molecular flexibility index (Phi) is 2.78. The summed E-state index contributed by atoms with van der Waals surface area (Å²) in [5.74, 6) is 2.34. The first-order valence-corrected chi connectivity index (χ1v) is 5.53. The highest BCUT2D eigenvalue weighted by Gasteiger charge is 2.30. The molecule has 0 spiro atoms. The molecule has 1 aromatic carbocycles. The number of anilines is 1. The van der Waals surface area contributed by atoms with Crippen LogP contribution in [0.4, 0.5) is 5.69 Å². The average Bonchev–Trinajstić information content (AvgIpc) is 2.66. The van der Waals surface area contributed by atoms with Gasteiger partial charge in [0.05, 0.1) is 0 Å². The van der Waals surface area contributed by atoms with E-state index in [0.717, 1.165) is 29.4 Å². The fourth-order valence-electron chi connectivity index (χ4n) is 1.87. The second kappa shape index (κ2) is 4.06. The van der Waals surface area contributed by atoms with Crippen molar-refractivity contribution in [1.29, 1.82) is 5.26 Å². The van der Waals surface area contributed by atoms with Gasteiger partial charge in [-0.25, -0.2) is 5.26 Å². The van der Waals surface area contributed by atoms with Gasteiger partial charge in [-0.3, -0.25) is 0 Å². The molecule has 14 heavy (non-hydrogen) atoms. The largest absolute Gasteiger partial charge is 0.401 e. The average molecular weight is 249 g/mol. The Balaban J connectivity index is 2.31. The van der Waals surface area contributed by atoms with Crippen LogP contribution in [0.5, 0.6) is 0 Å². The van der Waals surface area contributed by atoms with Crippen LogP contribution >= 0.6 is 15.9 Å². The Bertz CT molecular complexity index is 375. The van der Waals surface area contributed by atoms with E-state index < -0.39 is 0 Å². The first kappa shape index (κ1) is 9.60. The molecule has 0 saturated carbocycles. The highest BCUT2D eigenvalue weighted by molar-refractivity contribution is 9.10. The minimum Gasteiger partial charge on any atom is -0.401 e. The van der Waals surface area contributed by atoms with Crippen LogP contribution in [0, 0.1) is 11.2 Å². The Morgan fingerprint density at radius 2 is 2.21 bits per heavy atom. The van der Waals surface area contributed by atoms with Gasteiger partial charge in [0.1, 0.15) is 0 Å². The van der Waals surface area contributed by atoms with Gasteiger partial charge in [-0.05, 0) is 40.8 Å². The Labute approximate surface area is 92.8 Å². The summed E-state index contributed by atoms with van der Waals surface area (Å²) in [5, 5.41) is 8.98. The molecule has 0 atom stereocenters.